The van der Waals surface area contributed by atoms with Crippen molar-refractivity contribution in [2.75, 3.05) is 29.6 Å². The predicted molar refractivity (Wildman–Crippen MR) is 90.1 cm³/mol. The van der Waals surface area contributed by atoms with Gasteiger partial charge in [-0.1, -0.05) is 0 Å². The molecule has 0 atom stereocenters. The third kappa shape index (κ3) is 3.60. The summed E-state index contributed by atoms with van der Waals surface area (Å²) in [6.45, 7) is 1.78. The number of phenolic OH excluding ortho intramolecular Hbond substituents is 1. The zero-order valence-corrected chi connectivity index (χ0v) is 12.8. The molecule has 0 saturated heterocycles. The summed E-state index contributed by atoms with van der Waals surface area (Å²) in [5.41, 5.74) is 8.89. The van der Waals surface area contributed by atoms with Crippen molar-refractivity contribution in [3.8, 4) is 5.75 Å². The Bertz CT molecular complexity index is 681. The highest BCUT2D eigenvalue weighted by Gasteiger charge is 2.09. The van der Waals surface area contributed by atoms with Gasteiger partial charge >= 0.3 is 6.03 Å². The highest BCUT2D eigenvalue weighted by atomic mass is 16.3. The van der Waals surface area contributed by atoms with Gasteiger partial charge in [0.05, 0.1) is 11.4 Å². The summed E-state index contributed by atoms with van der Waals surface area (Å²) in [5, 5.41) is 15.5. The van der Waals surface area contributed by atoms with Crippen LogP contribution < -0.4 is 21.3 Å². The molecule has 0 spiro atoms. The molecular weight excluding hydrogens is 280 g/mol. The summed E-state index contributed by atoms with van der Waals surface area (Å²) in [4.78, 5) is 13.1. The largest absolute Gasteiger partial charge is 0.508 e. The zero-order valence-electron chi connectivity index (χ0n) is 12.8. The van der Waals surface area contributed by atoms with Gasteiger partial charge in [0.25, 0.3) is 0 Å². The minimum atomic E-state index is -0.686. The fourth-order valence-electron chi connectivity index (χ4n) is 2.03. The number of phenols is 1. The zero-order chi connectivity index (χ0) is 16.3. The third-order valence-corrected chi connectivity index (χ3v) is 3.26. The summed E-state index contributed by atoms with van der Waals surface area (Å²) >= 11 is 0. The smallest absolute Gasteiger partial charge is 0.316 e. The van der Waals surface area contributed by atoms with E-state index >= 15 is 0 Å². The maximum Gasteiger partial charge on any atom is 0.316 e. The van der Waals surface area contributed by atoms with Gasteiger partial charge in [-0.2, -0.15) is 0 Å². The summed E-state index contributed by atoms with van der Waals surface area (Å²) in [6, 6.07) is 10.4. The quantitative estimate of drug-likeness (QED) is 0.653. The van der Waals surface area contributed by atoms with Gasteiger partial charge in [0, 0.05) is 31.5 Å². The molecule has 22 heavy (non-hydrogen) atoms. The van der Waals surface area contributed by atoms with E-state index in [0.717, 1.165) is 11.4 Å². The Balaban J connectivity index is 2.31. The maximum atomic E-state index is 11.1. The summed E-state index contributed by atoms with van der Waals surface area (Å²) in [5.74, 6) is 0.0947. The Morgan fingerprint density at radius 3 is 2.32 bits per heavy atom. The summed E-state index contributed by atoms with van der Waals surface area (Å²) in [7, 11) is 3.95. The number of rotatable bonds is 4. The molecule has 0 unspecified atom stereocenters. The Hall–Kier alpha value is -2.89. The van der Waals surface area contributed by atoms with Crippen LogP contribution in [-0.2, 0) is 0 Å². The van der Waals surface area contributed by atoms with E-state index in [4.69, 9.17) is 5.73 Å². The number of anilines is 4. The third-order valence-electron chi connectivity index (χ3n) is 3.26. The van der Waals surface area contributed by atoms with Crippen LogP contribution >= 0.6 is 0 Å². The van der Waals surface area contributed by atoms with Crippen LogP contribution in [0.5, 0.6) is 5.75 Å². The van der Waals surface area contributed by atoms with Crippen LogP contribution in [0.4, 0.5) is 27.5 Å². The van der Waals surface area contributed by atoms with E-state index in [2.05, 4.69) is 10.6 Å². The van der Waals surface area contributed by atoms with Gasteiger partial charge in [-0.25, -0.2) is 4.79 Å². The highest BCUT2D eigenvalue weighted by Crippen LogP contribution is 2.32. The van der Waals surface area contributed by atoms with Crippen molar-refractivity contribution < 1.29 is 9.90 Å². The number of aromatic hydroxyl groups is 1. The fraction of sp³-hybridized carbons (Fsp3) is 0.188. The molecule has 0 aromatic heterocycles. The number of benzene rings is 2. The molecule has 2 rings (SSSR count). The lowest BCUT2D eigenvalue weighted by atomic mass is 10.1. The van der Waals surface area contributed by atoms with Crippen molar-refractivity contribution >= 4 is 28.8 Å². The standard InChI is InChI=1S/C16H20N4O2/c1-10-8-13(14(9-15(10)21)19-16(17)22)18-11-4-6-12(7-5-11)20(2)3/h4-9,18,21H,1-3H3,(H3,17,19,22). The molecule has 0 fully saturated rings. The molecular formula is C16H20N4O2. The lowest BCUT2D eigenvalue weighted by Crippen LogP contribution is -2.20. The predicted octanol–water partition coefficient (Wildman–Crippen LogP) is 3.00. The van der Waals surface area contributed by atoms with Gasteiger partial charge in [0.1, 0.15) is 5.75 Å². The summed E-state index contributed by atoms with van der Waals surface area (Å²) in [6.07, 6.45) is 0. The van der Waals surface area contributed by atoms with E-state index < -0.39 is 6.03 Å². The number of amides is 2. The van der Waals surface area contributed by atoms with Crippen LogP contribution in [0.1, 0.15) is 5.56 Å². The number of carbonyl (C=O) groups is 1. The molecule has 0 aliphatic carbocycles. The molecule has 0 radical (unpaired) electrons. The number of urea groups is 1. The number of nitrogens with two attached hydrogens (primary N) is 1. The maximum absolute atomic E-state index is 11.1. The van der Waals surface area contributed by atoms with Crippen LogP contribution in [0.3, 0.4) is 0 Å². The van der Waals surface area contributed by atoms with E-state index in [0.29, 0.717) is 16.9 Å². The van der Waals surface area contributed by atoms with Gasteiger partial charge in [-0.05, 0) is 42.8 Å². The number of aryl methyl sites for hydroxylation is 1. The second-order valence-corrected chi connectivity index (χ2v) is 5.24. The lowest BCUT2D eigenvalue weighted by Gasteiger charge is -2.16. The lowest BCUT2D eigenvalue weighted by molar-refractivity contribution is 0.259. The molecule has 0 aliphatic heterocycles. The average Bonchev–Trinajstić information content (AvgIpc) is 2.44. The SMILES string of the molecule is Cc1cc(Nc2ccc(N(C)C)cc2)c(NC(N)=O)cc1O. The highest BCUT2D eigenvalue weighted by molar-refractivity contribution is 5.93. The normalized spacial score (nSPS) is 10.1. The van der Waals surface area contributed by atoms with Crippen molar-refractivity contribution in [2.24, 2.45) is 5.73 Å². The Morgan fingerprint density at radius 2 is 1.77 bits per heavy atom. The number of hydrogen-bond acceptors (Lipinski definition) is 4. The van der Waals surface area contributed by atoms with Crippen LogP contribution in [0.2, 0.25) is 0 Å². The molecule has 2 aromatic carbocycles. The van der Waals surface area contributed by atoms with Crippen molar-refractivity contribution in [2.45, 2.75) is 6.92 Å². The molecule has 116 valence electrons. The first-order valence-corrected chi connectivity index (χ1v) is 6.81. The fourth-order valence-corrected chi connectivity index (χ4v) is 2.03. The second kappa shape index (κ2) is 6.26. The Morgan fingerprint density at radius 1 is 1.14 bits per heavy atom. The molecule has 5 N–H and O–H groups in total. The van der Waals surface area contributed by atoms with E-state index in [1.807, 2.05) is 43.3 Å². The molecule has 6 nitrogen and oxygen atoms in total. The number of carbonyl (C=O) groups excluding carboxylic acids is 1. The number of nitrogens with one attached hydrogen (secondary N) is 2. The van der Waals surface area contributed by atoms with Crippen LogP contribution in [0.15, 0.2) is 36.4 Å². The molecule has 0 bridgehead atoms. The molecule has 0 saturated carbocycles. The van der Waals surface area contributed by atoms with Gasteiger partial charge in [-0.15, -0.1) is 0 Å². The first-order chi connectivity index (χ1) is 10.4. The van der Waals surface area contributed by atoms with E-state index in [1.165, 1.54) is 6.07 Å². The van der Waals surface area contributed by atoms with Crippen molar-refractivity contribution in [3.63, 3.8) is 0 Å². The van der Waals surface area contributed by atoms with Crippen molar-refractivity contribution in [1.82, 2.24) is 0 Å². The van der Waals surface area contributed by atoms with E-state index in [9.17, 15) is 9.90 Å². The van der Waals surface area contributed by atoms with Crippen LogP contribution in [-0.4, -0.2) is 25.2 Å². The number of hydrogen-bond donors (Lipinski definition) is 4. The van der Waals surface area contributed by atoms with Crippen molar-refractivity contribution in [3.05, 3.63) is 42.0 Å². The Labute approximate surface area is 129 Å². The van der Waals surface area contributed by atoms with Gasteiger partial charge in [0.2, 0.25) is 0 Å². The average molecular weight is 300 g/mol. The van der Waals surface area contributed by atoms with E-state index in [1.54, 1.807) is 13.0 Å². The number of nitrogens with zero attached hydrogens (tertiary/aromatic N) is 1. The van der Waals surface area contributed by atoms with Gasteiger partial charge in [-0.3, -0.25) is 0 Å². The van der Waals surface area contributed by atoms with Gasteiger partial charge < -0.3 is 26.4 Å². The second-order valence-electron chi connectivity index (χ2n) is 5.24. The Kier molecular flexibility index (Phi) is 4.41. The molecule has 0 heterocycles. The monoisotopic (exact) mass is 300 g/mol. The van der Waals surface area contributed by atoms with Gasteiger partial charge in [0.15, 0.2) is 0 Å². The van der Waals surface area contributed by atoms with Crippen LogP contribution in [0, 0.1) is 6.92 Å². The van der Waals surface area contributed by atoms with E-state index in [-0.39, 0.29) is 5.75 Å². The minimum absolute atomic E-state index is 0.0947. The number of primary amides is 1. The first-order valence-electron chi connectivity index (χ1n) is 6.81. The van der Waals surface area contributed by atoms with Crippen LogP contribution in [0.25, 0.3) is 0 Å². The van der Waals surface area contributed by atoms with Crippen molar-refractivity contribution in [1.29, 1.82) is 0 Å². The topological polar surface area (TPSA) is 90.6 Å². The first kappa shape index (κ1) is 15.5. The molecule has 6 heteroatoms. The molecule has 0 aliphatic rings. The molecule has 2 amide bonds. The molecule has 2 aromatic rings. The summed E-state index contributed by atoms with van der Waals surface area (Å²) < 4.78 is 0. The minimum Gasteiger partial charge on any atom is -0.508 e.